The van der Waals surface area contributed by atoms with Crippen LogP contribution >= 0.6 is 0 Å². The summed E-state index contributed by atoms with van der Waals surface area (Å²) < 4.78 is 10.6. The van der Waals surface area contributed by atoms with Gasteiger partial charge in [-0.05, 0) is 6.92 Å². The number of nitrogens with zero attached hydrogens (tertiary/aromatic N) is 3. The zero-order valence-corrected chi connectivity index (χ0v) is 12.5. The van der Waals surface area contributed by atoms with E-state index < -0.39 is 12.5 Å². The number of amides is 2. The molecule has 0 bridgehead atoms. The number of urea groups is 1. The molecule has 0 radical (unpaired) electrons. The first-order valence-electron chi connectivity index (χ1n) is 6.60. The molecule has 0 saturated carbocycles. The molecule has 1 aromatic rings. The summed E-state index contributed by atoms with van der Waals surface area (Å²) in [5.41, 5.74) is -0.218. The highest BCUT2D eigenvalue weighted by Gasteiger charge is 2.46. The lowest BCUT2D eigenvalue weighted by Gasteiger charge is -2.20. The van der Waals surface area contributed by atoms with E-state index in [2.05, 4.69) is 5.16 Å². The standard InChI is InChI=1S/C13H21N3O4/c1-6-19-11-10(17)16(12(18)15(11)5)9-7-8(20-14-9)13(2,3)4/h7,10-11,17H,6H2,1-5H3/t10-,11+/m0/s1. The molecule has 2 heterocycles. The third kappa shape index (κ3) is 2.38. The van der Waals surface area contributed by atoms with Gasteiger partial charge in [-0.3, -0.25) is 4.90 Å². The maximum Gasteiger partial charge on any atom is 0.330 e. The van der Waals surface area contributed by atoms with Gasteiger partial charge in [0.2, 0.25) is 0 Å². The van der Waals surface area contributed by atoms with E-state index in [0.29, 0.717) is 18.2 Å². The number of anilines is 1. The summed E-state index contributed by atoms with van der Waals surface area (Å²) in [4.78, 5) is 14.7. The maximum atomic E-state index is 12.2. The normalized spacial score (nSPS) is 23.8. The molecule has 0 aromatic carbocycles. The van der Waals surface area contributed by atoms with Crippen molar-refractivity contribution in [3.63, 3.8) is 0 Å². The maximum absolute atomic E-state index is 12.2. The van der Waals surface area contributed by atoms with E-state index >= 15 is 0 Å². The van der Waals surface area contributed by atoms with Crippen molar-refractivity contribution in [3.8, 4) is 0 Å². The van der Waals surface area contributed by atoms with Crippen LogP contribution in [-0.2, 0) is 10.2 Å². The molecule has 0 spiro atoms. The van der Waals surface area contributed by atoms with Crippen LogP contribution in [0, 0.1) is 0 Å². The van der Waals surface area contributed by atoms with Crippen LogP contribution < -0.4 is 4.90 Å². The Kier molecular flexibility index (Phi) is 3.75. The molecule has 1 aliphatic heterocycles. The van der Waals surface area contributed by atoms with Crippen LogP contribution in [0.15, 0.2) is 10.6 Å². The molecule has 7 heteroatoms. The molecule has 1 aromatic heterocycles. The molecule has 20 heavy (non-hydrogen) atoms. The summed E-state index contributed by atoms with van der Waals surface area (Å²) >= 11 is 0. The molecule has 2 amide bonds. The van der Waals surface area contributed by atoms with Gasteiger partial charge in [-0.15, -0.1) is 0 Å². The van der Waals surface area contributed by atoms with E-state index in [1.54, 1.807) is 13.1 Å². The van der Waals surface area contributed by atoms with Crippen LogP contribution in [0.1, 0.15) is 33.5 Å². The Morgan fingerprint density at radius 3 is 2.65 bits per heavy atom. The topological polar surface area (TPSA) is 79.0 Å². The third-order valence-corrected chi connectivity index (χ3v) is 3.23. The van der Waals surface area contributed by atoms with Crippen molar-refractivity contribution in [1.29, 1.82) is 0 Å². The third-order valence-electron chi connectivity index (χ3n) is 3.23. The minimum absolute atomic E-state index is 0.218. The van der Waals surface area contributed by atoms with Gasteiger partial charge < -0.3 is 14.4 Å². The van der Waals surface area contributed by atoms with E-state index in [0.717, 1.165) is 0 Å². The monoisotopic (exact) mass is 283 g/mol. The lowest BCUT2D eigenvalue weighted by atomic mass is 9.93. The molecular weight excluding hydrogens is 262 g/mol. The Morgan fingerprint density at radius 1 is 1.50 bits per heavy atom. The minimum Gasteiger partial charge on any atom is -0.369 e. The van der Waals surface area contributed by atoms with Crippen LogP contribution in [0.4, 0.5) is 10.6 Å². The summed E-state index contributed by atoms with van der Waals surface area (Å²) in [6, 6.07) is 1.30. The van der Waals surface area contributed by atoms with Gasteiger partial charge in [-0.2, -0.15) is 0 Å². The van der Waals surface area contributed by atoms with Crippen LogP contribution in [0.3, 0.4) is 0 Å². The first-order valence-corrected chi connectivity index (χ1v) is 6.60. The van der Waals surface area contributed by atoms with E-state index in [1.165, 1.54) is 9.80 Å². The molecule has 112 valence electrons. The van der Waals surface area contributed by atoms with Crippen LogP contribution in [0.2, 0.25) is 0 Å². The number of hydrogen-bond acceptors (Lipinski definition) is 5. The predicted molar refractivity (Wildman–Crippen MR) is 72.3 cm³/mol. The van der Waals surface area contributed by atoms with Gasteiger partial charge in [-0.25, -0.2) is 9.69 Å². The number of aromatic nitrogens is 1. The zero-order chi connectivity index (χ0) is 15.1. The zero-order valence-electron chi connectivity index (χ0n) is 12.5. The number of aliphatic hydroxyl groups is 1. The smallest absolute Gasteiger partial charge is 0.330 e. The Bertz CT molecular complexity index is 494. The highest BCUT2D eigenvalue weighted by molar-refractivity contribution is 5.93. The lowest BCUT2D eigenvalue weighted by molar-refractivity contribution is -0.0688. The van der Waals surface area contributed by atoms with E-state index in [9.17, 15) is 9.90 Å². The van der Waals surface area contributed by atoms with Crippen LogP contribution in [0.5, 0.6) is 0 Å². The highest BCUT2D eigenvalue weighted by Crippen LogP contribution is 2.31. The van der Waals surface area contributed by atoms with E-state index in [1.807, 2.05) is 27.7 Å². The molecular formula is C13H21N3O4. The fourth-order valence-corrected chi connectivity index (χ4v) is 2.05. The number of ether oxygens (including phenoxy) is 1. The number of carbonyl (C=O) groups is 1. The Morgan fingerprint density at radius 2 is 2.15 bits per heavy atom. The molecule has 1 saturated heterocycles. The molecule has 1 aliphatic rings. The van der Waals surface area contributed by atoms with Gasteiger partial charge in [0, 0.05) is 25.1 Å². The molecule has 2 atom stereocenters. The Labute approximate surface area is 118 Å². The summed E-state index contributed by atoms with van der Waals surface area (Å²) in [5.74, 6) is 0.941. The van der Waals surface area contributed by atoms with Gasteiger partial charge >= 0.3 is 6.03 Å². The summed E-state index contributed by atoms with van der Waals surface area (Å²) in [5, 5.41) is 14.1. The van der Waals surface area contributed by atoms with Crippen LogP contribution in [-0.4, -0.2) is 47.3 Å². The van der Waals surface area contributed by atoms with Gasteiger partial charge in [-0.1, -0.05) is 25.9 Å². The predicted octanol–water partition coefficient (Wildman–Crippen LogP) is 1.52. The molecule has 2 rings (SSSR count). The van der Waals surface area contributed by atoms with Crippen molar-refractivity contribution in [2.24, 2.45) is 0 Å². The van der Waals surface area contributed by atoms with Gasteiger partial charge in [0.1, 0.15) is 5.76 Å². The molecule has 1 fully saturated rings. The van der Waals surface area contributed by atoms with Crippen LogP contribution in [0.25, 0.3) is 0 Å². The van der Waals surface area contributed by atoms with Crippen molar-refractivity contribution < 1.29 is 19.2 Å². The average molecular weight is 283 g/mol. The van der Waals surface area contributed by atoms with Gasteiger partial charge in [0.25, 0.3) is 0 Å². The summed E-state index contributed by atoms with van der Waals surface area (Å²) in [6.45, 7) is 8.15. The molecule has 1 N–H and O–H groups in total. The first kappa shape index (κ1) is 14.8. The lowest BCUT2D eigenvalue weighted by Crippen LogP contribution is -2.38. The number of aliphatic hydroxyl groups excluding tert-OH is 1. The Hall–Kier alpha value is -1.60. The second kappa shape index (κ2) is 5.06. The van der Waals surface area contributed by atoms with Crippen molar-refractivity contribution in [2.45, 2.75) is 45.6 Å². The molecule has 0 aliphatic carbocycles. The number of carbonyl (C=O) groups excluding carboxylic acids is 1. The van der Waals surface area contributed by atoms with E-state index in [-0.39, 0.29) is 11.4 Å². The first-order chi connectivity index (χ1) is 9.27. The highest BCUT2D eigenvalue weighted by atomic mass is 16.5. The largest absolute Gasteiger partial charge is 0.369 e. The van der Waals surface area contributed by atoms with Crippen molar-refractivity contribution in [1.82, 2.24) is 10.1 Å². The average Bonchev–Trinajstić information content (AvgIpc) is 2.90. The quantitative estimate of drug-likeness (QED) is 0.910. The van der Waals surface area contributed by atoms with Gasteiger partial charge in [0.05, 0.1) is 0 Å². The van der Waals surface area contributed by atoms with E-state index in [4.69, 9.17) is 9.26 Å². The summed E-state index contributed by atoms with van der Waals surface area (Å²) in [7, 11) is 1.58. The number of likely N-dealkylation sites (N-methyl/N-ethyl adjacent to an activating group) is 1. The number of rotatable bonds is 3. The van der Waals surface area contributed by atoms with Gasteiger partial charge in [0.15, 0.2) is 18.3 Å². The number of hydrogen-bond donors (Lipinski definition) is 1. The fraction of sp³-hybridized carbons (Fsp3) is 0.692. The Balaban J connectivity index is 2.28. The summed E-state index contributed by atoms with van der Waals surface area (Å²) in [6.07, 6.45) is -1.81. The SMILES string of the molecule is CCO[C@@H]1[C@H](O)N(c2cc(C(C)(C)C)on2)C(=O)N1C. The minimum atomic E-state index is -1.11. The van der Waals surface area contributed by atoms with Crippen molar-refractivity contribution >= 4 is 11.8 Å². The molecule has 0 unspecified atom stereocenters. The second-order valence-electron chi connectivity index (χ2n) is 5.82. The van der Waals surface area contributed by atoms with Crippen molar-refractivity contribution in [3.05, 3.63) is 11.8 Å². The van der Waals surface area contributed by atoms with Crippen molar-refractivity contribution in [2.75, 3.05) is 18.6 Å². The fourth-order valence-electron chi connectivity index (χ4n) is 2.05. The second-order valence-corrected chi connectivity index (χ2v) is 5.82. The molecule has 7 nitrogen and oxygen atoms in total.